The van der Waals surface area contributed by atoms with E-state index >= 15 is 0 Å². The number of hydrogen-bond donors (Lipinski definition) is 1. The topological polar surface area (TPSA) is 78.7 Å². The van der Waals surface area contributed by atoms with Gasteiger partial charge in [0.1, 0.15) is 6.10 Å². The summed E-state index contributed by atoms with van der Waals surface area (Å²) in [6, 6.07) is 21.8. The average Bonchev–Trinajstić information content (AvgIpc) is 2.80. The van der Waals surface area contributed by atoms with Crippen molar-refractivity contribution in [2.75, 3.05) is 12.1 Å². The smallest absolute Gasteiger partial charge is 0.247 e. The zero-order valence-corrected chi connectivity index (χ0v) is 16.4. The van der Waals surface area contributed by atoms with Gasteiger partial charge in [0.2, 0.25) is 5.95 Å². The van der Waals surface area contributed by atoms with Gasteiger partial charge in [-0.05, 0) is 29.9 Å². The van der Waals surface area contributed by atoms with Crippen LogP contribution in [0, 0.1) is 0 Å². The van der Waals surface area contributed by atoms with E-state index in [0.717, 1.165) is 22.5 Å². The van der Waals surface area contributed by atoms with Crippen LogP contribution in [0.15, 0.2) is 95.6 Å². The van der Waals surface area contributed by atoms with Gasteiger partial charge in [-0.2, -0.15) is 5.10 Å². The summed E-state index contributed by atoms with van der Waals surface area (Å²) in [5, 5.41) is 15.6. The Hall–Kier alpha value is -3.90. The summed E-state index contributed by atoms with van der Waals surface area (Å²) in [7, 11) is 1.75. The highest BCUT2D eigenvalue weighted by Crippen LogP contribution is 2.26. The van der Waals surface area contributed by atoms with Gasteiger partial charge in [-0.3, -0.25) is 4.79 Å². The standard InChI is InChI=1S/C24H20N4O2/c1-28(25-16-17-12-13-22(29)23(30)14-17)24-26-20(18-8-4-2-5-9-18)15-21(27-24)19-10-6-3-7-11-19/h2-16,23,30H,1H3/b25-16+. The van der Waals surface area contributed by atoms with Crippen molar-refractivity contribution in [1.82, 2.24) is 9.97 Å². The fourth-order valence-corrected chi connectivity index (χ4v) is 2.98. The molecule has 2 aromatic carbocycles. The number of aliphatic hydroxyl groups excluding tert-OH is 1. The summed E-state index contributed by atoms with van der Waals surface area (Å²) < 4.78 is 0. The molecular formula is C24H20N4O2. The number of benzene rings is 2. The van der Waals surface area contributed by atoms with E-state index in [2.05, 4.69) is 15.1 Å². The summed E-state index contributed by atoms with van der Waals surface area (Å²) in [5.74, 6) is 0.0929. The van der Waals surface area contributed by atoms with Crippen molar-refractivity contribution in [3.63, 3.8) is 0 Å². The van der Waals surface area contributed by atoms with Crippen molar-refractivity contribution in [2.24, 2.45) is 5.10 Å². The number of rotatable bonds is 5. The van der Waals surface area contributed by atoms with Crippen molar-refractivity contribution in [3.8, 4) is 22.5 Å². The minimum absolute atomic E-state index is 0.341. The number of allylic oxidation sites excluding steroid dienone is 2. The number of aliphatic hydroxyl groups is 1. The molecule has 148 valence electrons. The maximum Gasteiger partial charge on any atom is 0.247 e. The second kappa shape index (κ2) is 8.63. The van der Waals surface area contributed by atoms with E-state index in [1.54, 1.807) is 24.3 Å². The lowest BCUT2D eigenvalue weighted by Gasteiger charge is -2.15. The first kappa shape index (κ1) is 19.4. The Balaban J connectivity index is 1.70. The summed E-state index contributed by atoms with van der Waals surface area (Å²) >= 11 is 0. The lowest BCUT2D eigenvalue weighted by Crippen LogP contribution is -2.19. The number of nitrogens with zero attached hydrogens (tertiary/aromatic N) is 4. The molecule has 0 saturated heterocycles. The van der Waals surface area contributed by atoms with E-state index in [1.807, 2.05) is 66.7 Å². The van der Waals surface area contributed by atoms with Crippen LogP contribution < -0.4 is 5.01 Å². The number of anilines is 1. The molecule has 0 amide bonds. The minimum atomic E-state index is -1.14. The summed E-state index contributed by atoms with van der Waals surface area (Å²) in [4.78, 5) is 20.7. The van der Waals surface area contributed by atoms with Crippen LogP contribution in [0.25, 0.3) is 22.5 Å². The Morgan fingerprint density at radius 1 is 0.933 bits per heavy atom. The number of hydrogen-bond acceptors (Lipinski definition) is 6. The lowest BCUT2D eigenvalue weighted by molar-refractivity contribution is -0.120. The molecule has 0 spiro atoms. The summed E-state index contributed by atoms with van der Waals surface area (Å²) in [5.41, 5.74) is 4.18. The van der Waals surface area contributed by atoms with Crippen LogP contribution in [-0.2, 0) is 4.79 Å². The summed E-state index contributed by atoms with van der Waals surface area (Å²) in [6.45, 7) is 0. The Morgan fingerprint density at radius 3 is 2.03 bits per heavy atom. The van der Waals surface area contributed by atoms with Gasteiger partial charge in [0.05, 0.1) is 17.6 Å². The Bertz CT molecular complexity index is 1080. The molecule has 0 saturated carbocycles. The molecule has 0 fully saturated rings. The summed E-state index contributed by atoms with van der Waals surface area (Å²) in [6.07, 6.45) is 4.84. The molecular weight excluding hydrogens is 376 g/mol. The molecule has 1 aliphatic rings. The number of ketones is 1. The van der Waals surface area contributed by atoms with E-state index in [-0.39, 0.29) is 5.78 Å². The Kier molecular flexibility index (Phi) is 5.59. The number of carbonyl (C=O) groups excluding carboxylic acids is 1. The van der Waals surface area contributed by atoms with Crippen molar-refractivity contribution in [3.05, 3.63) is 90.5 Å². The number of hydrazone groups is 1. The third-order valence-corrected chi connectivity index (χ3v) is 4.60. The monoisotopic (exact) mass is 396 g/mol. The second-order valence-electron chi connectivity index (χ2n) is 6.79. The Morgan fingerprint density at radius 2 is 1.50 bits per heavy atom. The molecule has 1 aliphatic carbocycles. The van der Waals surface area contributed by atoms with Gasteiger partial charge in [0.15, 0.2) is 5.78 Å². The third-order valence-electron chi connectivity index (χ3n) is 4.60. The number of carbonyl (C=O) groups is 1. The molecule has 0 radical (unpaired) electrons. The van der Waals surface area contributed by atoms with Gasteiger partial charge in [-0.15, -0.1) is 0 Å². The quantitative estimate of drug-likeness (QED) is 0.526. The number of aromatic nitrogens is 2. The first-order valence-electron chi connectivity index (χ1n) is 9.49. The molecule has 4 rings (SSSR count). The van der Waals surface area contributed by atoms with E-state index in [1.165, 1.54) is 12.2 Å². The third kappa shape index (κ3) is 4.39. The molecule has 1 aromatic heterocycles. The van der Waals surface area contributed by atoms with Gasteiger partial charge in [-0.25, -0.2) is 15.0 Å². The Labute approximate surface area is 174 Å². The molecule has 6 heteroatoms. The van der Waals surface area contributed by atoms with Gasteiger partial charge in [0, 0.05) is 18.2 Å². The van der Waals surface area contributed by atoms with Crippen molar-refractivity contribution >= 4 is 17.9 Å². The van der Waals surface area contributed by atoms with Crippen LogP contribution in [0.4, 0.5) is 5.95 Å². The zero-order valence-electron chi connectivity index (χ0n) is 16.4. The zero-order chi connectivity index (χ0) is 20.9. The maximum atomic E-state index is 11.4. The van der Waals surface area contributed by atoms with Crippen molar-refractivity contribution in [1.29, 1.82) is 0 Å². The normalized spacial score (nSPS) is 16.0. The molecule has 3 aromatic rings. The molecule has 6 nitrogen and oxygen atoms in total. The van der Waals surface area contributed by atoms with Crippen LogP contribution in [-0.4, -0.2) is 40.2 Å². The molecule has 30 heavy (non-hydrogen) atoms. The highest BCUT2D eigenvalue weighted by atomic mass is 16.3. The molecule has 1 heterocycles. The molecule has 1 atom stereocenters. The second-order valence-corrected chi connectivity index (χ2v) is 6.79. The van der Waals surface area contributed by atoms with Gasteiger partial charge < -0.3 is 5.11 Å². The van der Waals surface area contributed by atoms with E-state index in [9.17, 15) is 9.90 Å². The fourth-order valence-electron chi connectivity index (χ4n) is 2.98. The highest BCUT2D eigenvalue weighted by molar-refractivity contribution is 6.00. The largest absolute Gasteiger partial charge is 0.381 e. The van der Waals surface area contributed by atoms with Crippen LogP contribution in [0.2, 0.25) is 0 Å². The van der Waals surface area contributed by atoms with Crippen LogP contribution in [0.3, 0.4) is 0 Å². The molecule has 0 aliphatic heterocycles. The van der Waals surface area contributed by atoms with E-state index in [4.69, 9.17) is 0 Å². The molecule has 0 bridgehead atoms. The lowest BCUT2D eigenvalue weighted by atomic mass is 10.1. The minimum Gasteiger partial charge on any atom is -0.381 e. The molecule has 1 unspecified atom stereocenters. The van der Waals surface area contributed by atoms with Gasteiger partial charge >= 0.3 is 0 Å². The van der Waals surface area contributed by atoms with Gasteiger partial charge in [0.25, 0.3) is 0 Å². The van der Waals surface area contributed by atoms with Crippen molar-refractivity contribution < 1.29 is 9.90 Å². The highest BCUT2D eigenvalue weighted by Gasteiger charge is 2.14. The molecule has 1 N–H and O–H groups in total. The maximum absolute atomic E-state index is 11.4. The fraction of sp³-hybridized carbons (Fsp3) is 0.0833. The van der Waals surface area contributed by atoms with Crippen LogP contribution >= 0.6 is 0 Å². The predicted octanol–water partition coefficient (Wildman–Crippen LogP) is 3.66. The van der Waals surface area contributed by atoms with Crippen LogP contribution in [0.5, 0.6) is 0 Å². The van der Waals surface area contributed by atoms with Crippen molar-refractivity contribution in [2.45, 2.75) is 6.10 Å². The van der Waals surface area contributed by atoms with Crippen LogP contribution in [0.1, 0.15) is 0 Å². The average molecular weight is 396 g/mol. The first-order valence-corrected chi connectivity index (χ1v) is 9.49. The van der Waals surface area contributed by atoms with E-state index < -0.39 is 6.10 Å². The SMILES string of the molecule is CN(/N=C/C1=CC(O)C(=O)C=C1)c1nc(-c2ccccc2)cc(-c2ccccc2)n1. The predicted molar refractivity (Wildman–Crippen MR) is 118 cm³/mol. The first-order chi connectivity index (χ1) is 14.6. The van der Waals surface area contributed by atoms with Gasteiger partial charge in [-0.1, -0.05) is 60.7 Å². The van der Waals surface area contributed by atoms with E-state index in [0.29, 0.717) is 11.5 Å².